The molecule has 8 heteroatoms. The second kappa shape index (κ2) is 8.02. The van der Waals surface area contributed by atoms with Crippen molar-refractivity contribution in [3.8, 4) is 0 Å². The maximum Gasteiger partial charge on any atom is 0.419 e. The third-order valence-corrected chi connectivity index (χ3v) is 5.53. The number of nitrogens with one attached hydrogen (secondary N) is 1. The van der Waals surface area contributed by atoms with Crippen molar-refractivity contribution in [2.24, 2.45) is 5.73 Å². The standard InChI is InChI=1S/C23H20F3N4O/c24-23(25,26)18-14-28-21(29-16-7-2-1-3-8-16)30-19(18)11-10-15-6-4-5-9-17(15)22(12-13-22)20(27)31/h2-9,14H,10-13H2,(H2,27,31)(H,28,29,30). The van der Waals surface area contributed by atoms with Crippen LogP contribution in [0.3, 0.4) is 0 Å². The zero-order valence-corrected chi connectivity index (χ0v) is 16.5. The van der Waals surface area contributed by atoms with Crippen LogP contribution in [0.1, 0.15) is 35.2 Å². The molecular weight excluding hydrogens is 405 g/mol. The van der Waals surface area contributed by atoms with Crippen molar-refractivity contribution < 1.29 is 18.0 Å². The van der Waals surface area contributed by atoms with E-state index in [-0.39, 0.29) is 18.1 Å². The maximum absolute atomic E-state index is 13.6. The van der Waals surface area contributed by atoms with Crippen LogP contribution in [-0.4, -0.2) is 15.9 Å². The number of hydrogen-bond donors (Lipinski definition) is 2. The Morgan fingerprint density at radius 2 is 1.84 bits per heavy atom. The van der Waals surface area contributed by atoms with Gasteiger partial charge in [-0.3, -0.25) is 4.79 Å². The molecular formula is C23H20F3N4O. The van der Waals surface area contributed by atoms with Crippen molar-refractivity contribution in [3.63, 3.8) is 0 Å². The number of rotatable bonds is 7. The highest BCUT2D eigenvalue weighted by Gasteiger charge is 2.50. The van der Waals surface area contributed by atoms with E-state index in [0.29, 0.717) is 24.9 Å². The Kier molecular flexibility index (Phi) is 5.39. The molecule has 5 nitrogen and oxygen atoms in total. The molecule has 3 aromatic rings. The molecule has 1 fully saturated rings. The molecule has 1 heterocycles. The molecule has 1 radical (unpaired) electrons. The van der Waals surface area contributed by atoms with Gasteiger partial charge >= 0.3 is 6.18 Å². The minimum atomic E-state index is -4.57. The zero-order chi connectivity index (χ0) is 22.1. The number of carbonyl (C=O) groups excluding carboxylic acids is 1. The number of nitrogens with zero attached hydrogens (tertiary/aromatic N) is 2. The van der Waals surface area contributed by atoms with Crippen LogP contribution in [0.15, 0.2) is 54.7 Å². The van der Waals surface area contributed by atoms with Gasteiger partial charge in [-0.2, -0.15) is 13.2 Å². The molecule has 31 heavy (non-hydrogen) atoms. The summed E-state index contributed by atoms with van der Waals surface area (Å²) < 4.78 is 40.7. The number of amides is 1. The predicted molar refractivity (Wildman–Crippen MR) is 110 cm³/mol. The molecule has 3 N–H and O–H groups in total. The van der Waals surface area contributed by atoms with Crippen LogP contribution in [0, 0.1) is 6.07 Å². The van der Waals surface area contributed by atoms with Gasteiger partial charge in [0.2, 0.25) is 11.9 Å². The Bertz CT molecular complexity index is 1100. The van der Waals surface area contributed by atoms with Crippen molar-refractivity contribution in [3.05, 3.63) is 83.2 Å². The van der Waals surface area contributed by atoms with Gasteiger partial charge in [-0.1, -0.05) is 36.4 Å². The SMILES string of the molecule is NC(=O)C1(c2ccccc2CCc2nc(Nc3cc[c]cc3)ncc2C(F)(F)F)CC1. The van der Waals surface area contributed by atoms with E-state index >= 15 is 0 Å². The minimum Gasteiger partial charge on any atom is -0.369 e. The van der Waals surface area contributed by atoms with Crippen molar-refractivity contribution >= 4 is 17.5 Å². The van der Waals surface area contributed by atoms with E-state index in [2.05, 4.69) is 21.4 Å². The summed E-state index contributed by atoms with van der Waals surface area (Å²) in [5.74, 6) is -0.317. The fraction of sp³-hybridized carbons (Fsp3) is 0.261. The first-order valence-corrected chi connectivity index (χ1v) is 9.84. The molecule has 0 aliphatic heterocycles. The van der Waals surface area contributed by atoms with E-state index in [4.69, 9.17) is 5.73 Å². The van der Waals surface area contributed by atoms with Crippen LogP contribution < -0.4 is 11.1 Å². The largest absolute Gasteiger partial charge is 0.419 e. The first-order valence-electron chi connectivity index (χ1n) is 9.84. The smallest absolute Gasteiger partial charge is 0.369 e. The van der Waals surface area contributed by atoms with Crippen molar-refractivity contribution in [1.29, 1.82) is 0 Å². The van der Waals surface area contributed by atoms with Gasteiger partial charge in [-0.05, 0) is 55.0 Å². The van der Waals surface area contributed by atoms with Crippen LogP contribution in [0.25, 0.3) is 0 Å². The molecule has 159 valence electrons. The first-order chi connectivity index (χ1) is 14.8. The average Bonchev–Trinajstić information content (AvgIpc) is 3.55. The molecule has 1 amide bonds. The number of benzene rings is 2. The molecule has 0 saturated heterocycles. The Balaban J connectivity index is 1.62. The van der Waals surface area contributed by atoms with Crippen molar-refractivity contribution in [1.82, 2.24) is 9.97 Å². The Morgan fingerprint density at radius 1 is 1.13 bits per heavy atom. The average molecular weight is 425 g/mol. The number of halogens is 3. The van der Waals surface area contributed by atoms with Crippen LogP contribution in [0.5, 0.6) is 0 Å². The molecule has 1 aliphatic carbocycles. The fourth-order valence-corrected chi connectivity index (χ4v) is 3.74. The van der Waals surface area contributed by atoms with E-state index in [9.17, 15) is 18.0 Å². The second-order valence-electron chi connectivity index (χ2n) is 7.57. The lowest BCUT2D eigenvalue weighted by Crippen LogP contribution is -2.29. The second-order valence-corrected chi connectivity index (χ2v) is 7.57. The number of anilines is 2. The third kappa shape index (κ3) is 4.38. The molecule has 4 rings (SSSR count). The minimum absolute atomic E-state index is 0.0421. The van der Waals surface area contributed by atoms with E-state index in [1.54, 1.807) is 30.3 Å². The molecule has 0 unspecified atom stereocenters. The number of hydrogen-bond acceptors (Lipinski definition) is 4. The van der Waals surface area contributed by atoms with Crippen LogP contribution in [-0.2, 0) is 29.2 Å². The van der Waals surface area contributed by atoms with Gasteiger partial charge in [-0.15, -0.1) is 0 Å². The number of carbonyl (C=O) groups is 1. The van der Waals surface area contributed by atoms with Gasteiger partial charge in [0.15, 0.2) is 0 Å². The molecule has 0 spiro atoms. The summed E-state index contributed by atoms with van der Waals surface area (Å²) in [6, 6.07) is 16.9. The molecule has 1 aliphatic rings. The number of aryl methyl sites for hydroxylation is 2. The first kappa shape index (κ1) is 20.8. The van der Waals surface area contributed by atoms with Crippen molar-refractivity contribution in [2.45, 2.75) is 37.3 Å². The molecule has 2 aromatic carbocycles. The summed E-state index contributed by atoms with van der Waals surface area (Å²) in [6.45, 7) is 0. The van der Waals surface area contributed by atoms with Gasteiger partial charge in [0.1, 0.15) is 0 Å². The molecule has 1 aromatic heterocycles. The number of alkyl halides is 3. The number of primary amides is 1. The highest BCUT2D eigenvalue weighted by molar-refractivity contribution is 5.90. The lowest BCUT2D eigenvalue weighted by atomic mass is 9.88. The maximum atomic E-state index is 13.6. The third-order valence-electron chi connectivity index (χ3n) is 5.53. The van der Waals surface area contributed by atoms with Crippen LogP contribution in [0.2, 0.25) is 0 Å². The quantitative estimate of drug-likeness (QED) is 0.590. The fourth-order valence-electron chi connectivity index (χ4n) is 3.74. The lowest BCUT2D eigenvalue weighted by molar-refractivity contribution is -0.138. The van der Waals surface area contributed by atoms with Gasteiger partial charge < -0.3 is 11.1 Å². The summed E-state index contributed by atoms with van der Waals surface area (Å²) in [5.41, 5.74) is 6.17. The monoisotopic (exact) mass is 425 g/mol. The highest BCUT2D eigenvalue weighted by Crippen LogP contribution is 2.49. The van der Waals surface area contributed by atoms with Gasteiger partial charge in [-0.25, -0.2) is 9.97 Å². The Hall–Kier alpha value is -3.42. The van der Waals surface area contributed by atoms with E-state index in [1.807, 2.05) is 18.2 Å². The summed E-state index contributed by atoms with van der Waals surface area (Å²) in [7, 11) is 0. The summed E-state index contributed by atoms with van der Waals surface area (Å²) in [5, 5.41) is 2.91. The normalized spacial score (nSPS) is 14.8. The lowest BCUT2D eigenvalue weighted by Gasteiger charge is -2.18. The van der Waals surface area contributed by atoms with E-state index in [0.717, 1.165) is 17.3 Å². The number of nitrogens with two attached hydrogens (primary N) is 1. The van der Waals surface area contributed by atoms with Crippen molar-refractivity contribution in [2.75, 3.05) is 5.32 Å². The Morgan fingerprint density at radius 3 is 2.48 bits per heavy atom. The summed E-state index contributed by atoms with van der Waals surface area (Å²) in [4.78, 5) is 19.9. The van der Waals surface area contributed by atoms with Gasteiger partial charge in [0.25, 0.3) is 0 Å². The topological polar surface area (TPSA) is 80.9 Å². The van der Waals surface area contributed by atoms with Gasteiger partial charge in [0, 0.05) is 11.9 Å². The zero-order valence-electron chi connectivity index (χ0n) is 16.5. The predicted octanol–water partition coefficient (Wildman–Crippen LogP) is 4.34. The Labute approximate surface area is 177 Å². The van der Waals surface area contributed by atoms with E-state index < -0.39 is 23.1 Å². The molecule has 1 saturated carbocycles. The van der Waals surface area contributed by atoms with E-state index in [1.165, 1.54) is 0 Å². The highest BCUT2D eigenvalue weighted by atomic mass is 19.4. The summed E-state index contributed by atoms with van der Waals surface area (Å²) in [6.07, 6.45) is -2.12. The number of aromatic nitrogens is 2. The molecule has 0 atom stereocenters. The molecule has 0 bridgehead atoms. The van der Waals surface area contributed by atoms with Crippen LogP contribution in [0.4, 0.5) is 24.8 Å². The van der Waals surface area contributed by atoms with Crippen LogP contribution >= 0.6 is 0 Å². The summed E-state index contributed by atoms with van der Waals surface area (Å²) >= 11 is 0. The van der Waals surface area contributed by atoms with Gasteiger partial charge in [0.05, 0.1) is 16.7 Å².